The summed E-state index contributed by atoms with van der Waals surface area (Å²) in [5.74, 6) is -2.57. The predicted molar refractivity (Wildman–Crippen MR) is 94.5 cm³/mol. The number of nitrogens with zero attached hydrogens (tertiary/aromatic N) is 3. The lowest BCUT2D eigenvalue weighted by molar-refractivity contribution is -0.116. The molecule has 1 saturated heterocycles. The van der Waals surface area contributed by atoms with Gasteiger partial charge < -0.3 is 25.1 Å². The Bertz CT molecular complexity index is 946. The van der Waals surface area contributed by atoms with E-state index in [0.717, 1.165) is 4.90 Å². The van der Waals surface area contributed by atoms with Crippen molar-refractivity contribution in [2.24, 2.45) is 5.73 Å². The summed E-state index contributed by atoms with van der Waals surface area (Å²) in [6.07, 6.45) is 0.664. The minimum absolute atomic E-state index is 0.0250. The van der Waals surface area contributed by atoms with E-state index in [9.17, 15) is 18.4 Å². The van der Waals surface area contributed by atoms with Crippen molar-refractivity contribution in [1.82, 2.24) is 9.55 Å². The van der Waals surface area contributed by atoms with Crippen LogP contribution in [0.3, 0.4) is 0 Å². The van der Waals surface area contributed by atoms with Gasteiger partial charge in [-0.05, 0) is 12.1 Å². The molecule has 1 fully saturated rings. The van der Waals surface area contributed by atoms with Crippen LogP contribution in [0, 0.1) is 0 Å². The number of ether oxygens (including phenoxy) is 2. The van der Waals surface area contributed by atoms with Crippen LogP contribution in [0.4, 0.5) is 25.1 Å². The molecule has 148 valence electrons. The molecule has 1 aromatic heterocycles. The first-order valence-corrected chi connectivity index (χ1v) is 8.51. The van der Waals surface area contributed by atoms with Gasteiger partial charge in [0.15, 0.2) is 12.4 Å². The number of carbonyl (C=O) groups is 2. The topological polar surface area (TPSA) is 112 Å². The van der Waals surface area contributed by atoms with Gasteiger partial charge in [-0.25, -0.2) is 18.6 Å². The number of anilines is 2. The Labute approximate surface area is 158 Å². The van der Waals surface area contributed by atoms with Gasteiger partial charge in [0.25, 0.3) is 5.92 Å². The summed E-state index contributed by atoms with van der Waals surface area (Å²) in [6.45, 7) is -1.02. The lowest BCUT2D eigenvalue weighted by atomic mass is 10.1. The average molecular weight is 393 g/mol. The number of cyclic esters (lactones) is 1. The van der Waals surface area contributed by atoms with Crippen LogP contribution in [-0.4, -0.2) is 53.8 Å². The third kappa shape index (κ3) is 3.42. The molecule has 11 heteroatoms. The fourth-order valence-electron chi connectivity index (χ4n) is 3.06. The van der Waals surface area contributed by atoms with Crippen molar-refractivity contribution in [3.63, 3.8) is 0 Å². The summed E-state index contributed by atoms with van der Waals surface area (Å²) in [6, 6.07) is 5.15. The van der Waals surface area contributed by atoms with Gasteiger partial charge in [0, 0.05) is 18.0 Å². The number of amides is 2. The van der Waals surface area contributed by atoms with Crippen LogP contribution in [0.15, 0.2) is 24.4 Å². The number of rotatable bonds is 4. The summed E-state index contributed by atoms with van der Waals surface area (Å²) < 4.78 is 39.4. The quantitative estimate of drug-likeness (QED) is 0.813. The van der Waals surface area contributed by atoms with Crippen molar-refractivity contribution in [2.75, 3.05) is 36.5 Å². The molecule has 0 saturated carbocycles. The van der Waals surface area contributed by atoms with Crippen LogP contribution in [0.5, 0.6) is 5.75 Å². The number of carbonyl (C=O) groups excluding carboxylic acids is 2. The second kappa shape index (κ2) is 6.66. The van der Waals surface area contributed by atoms with Crippen LogP contribution in [0.1, 0.15) is 0 Å². The summed E-state index contributed by atoms with van der Waals surface area (Å²) >= 11 is 0. The van der Waals surface area contributed by atoms with Gasteiger partial charge in [0.05, 0.1) is 25.2 Å². The van der Waals surface area contributed by atoms with Gasteiger partial charge >= 0.3 is 6.09 Å². The molecule has 3 heterocycles. The van der Waals surface area contributed by atoms with Crippen molar-refractivity contribution in [3.8, 4) is 17.1 Å². The molecule has 0 spiro atoms. The number of benzene rings is 1. The van der Waals surface area contributed by atoms with Crippen LogP contribution in [-0.2, 0) is 16.1 Å². The maximum atomic E-state index is 13.7. The lowest BCUT2D eigenvalue weighted by Gasteiger charge is -2.30. The minimum Gasteiger partial charge on any atom is -0.491 e. The van der Waals surface area contributed by atoms with Crippen molar-refractivity contribution >= 4 is 23.5 Å². The molecule has 0 aliphatic carbocycles. The number of nitrogens with one attached hydrogen (secondary N) is 1. The molecular weight excluding hydrogens is 376 g/mol. The predicted octanol–water partition coefficient (Wildman–Crippen LogP) is 1.43. The number of imidazole rings is 1. The average Bonchev–Trinajstić information content (AvgIpc) is 2.98. The molecule has 0 atom stereocenters. The SMILES string of the molecule is NC(=O)CNc1ccc2c(c1)OCCn1cc(N3CC(F)(F)COC3=O)nc1-2. The lowest BCUT2D eigenvalue weighted by Crippen LogP contribution is -2.50. The normalized spacial score (nSPS) is 17.6. The van der Waals surface area contributed by atoms with E-state index in [1.165, 1.54) is 6.20 Å². The molecule has 2 aromatic rings. The van der Waals surface area contributed by atoms with Crippen LogP contribution in [0.25, 0.3) is 11.4 Å². The minimum atomic E-state index is -3.14. The molecule has 2 amide bonds. The number of fused-ring (bicyclic) bond motifs is 3. The Kier molecular flexibility index (Phi) is 4.28. The monoisotopic (exact) mass is 393 g/mol. The highest BCUT2D eigenvalue weighted by atomic mass is 19.3. The number of alkyl halides is 2. The zero-order valence-electron chi connectivity index (χ0n) is 14.7. The molecular formula is C17H17F2N5O4. The standard InChI is InChI=1S/C17H17F2N5O4/c18-17(19)8-24(16(26)28-9-17)14-7-23-3-4-27-12-5-10(21-6-13(20)25)1-2-11(12)15(23)22-14/h1-2,5,7,21H,3-4,6,8-9H2,(H2,20,25). The van der Waals surface area contributed by atoms with E-state index in [1.807, 2.05) is 0 Å². The summed E-state index contributed by atoms with van der Waals surface area (Å²) in [5.41, 5.74) is 6.39. The number of nitrogens with two attached hydrogens (primary N) is 1. The van der Waals surface area contributed by atoms with Crippen LogP contribution < -0.4 is 20.7 Å². The van der Waals surface area contributed by atoms with E-state index in [0.29, 0.717) is 36.0 Å². The highest BCUT2D eigenvalue weighted by molar-refractivity contribution is 5.88. The smallest absolute Gasteiger partial charge is 0.415 e. The van der Waals surface area contributed by atoms with Crippen molar-refractivity contribution in [3.05, 3.63) is 24.4 Å². The first-order chi connectivity index (χ1) is 13.3. The van der Waals surface area contributed by atoms with Crippen molar-refractivity contribution < 1.29 is 27.8 Å². The zero-order chi connectivity index (χ0) is 19.9. The molecule has 28 heavy (non-hydrogen) atoms. The third-order valence-electron chi connectivity index (χ3n) is 4.34. The fourth-order valence-corrected chi connectivity index (χ4v) is 3.06. The highest BCUT2D eigenvalue weighted by Crippen LogP contribution is 2.36. The first-order valence-electron chi connectivity index (χ1n) is 8.51. The van der Waals surface area contributed by atoms with E-state index in [1.54, 1.807) is 22.8 Å². The van der Waals surface area contributed by atoms with Gasteiger partial charge in [-0.3, -0.25) is 9.69 Å². The summed E-state index contributed by atoms with van der Waals surface area (Å²) in [7, 11) is 0. The van der Waals surface area contributed by atoms with Gasteiger partial charge in [-0.15, -0.1) is 0 Å². The van der Waals surface area contributed by atoms with E-state index in [4.69, 9.17) is 10.5 Å². The molecule has 2 aliphatic rings. The molecule has 2 aliphatic heterocycles. The Morgan fingerprint density at radius 2 is 2.18 bits per heavy atom. The Hall–Kier alpha value is -3.37. The number of hydrogen-bond acceptors (Lipinski definition) is 6. The second-order valence-electron chi connectivity index (χ2n) is 6.49. The van der Waals surface area contributed by atoms with E-state index < -0.39 is 31.1 Å². The molecule has 9 nitrogen and oxygen atoms in total. The number of halogens is 2. The Morgan fingerprint density at radius 3 is 2.96 bits per heavy atom. The van der Waals surface area contributed by atoms with Gasteiger partial charge in [-0.2, -0.15) is 0 Å². The Morgan fingerprint density at radius 1 is 1.36 bits per heavy atom. The maximum absolute atomic E-state index is 13.7. The summed E-state index contributed by atoms with van der Waals surface area (Å²) in [5, 5.41) is 2.88. The largest absolute Gasteiger partial charge is 0.491 e. The Balaban J connectivity index is 1.66. The zero-order valence-corrected chi connectivity index (χ0v) is 14.7. The molecule has 3 N–H and O–H groups in total. The van der Waals surface area contributed by atoms with Crippen molar-refractivity contribution in [2.45, 2.75) is 12.5 Å². The second-order valence-corrected chi connectivity index (χ2v) is 6.49. The number of primary amides is 1. The molecule has 0 bridgehead atoms. The molecule has 1 aromatic carbocycles. The van der Waals surface area contributed by atoms with Gasteiger partial charge in [0.2, 0.25) is 5.91 Å². The molecule has 0 radical (unpaired) electrons. The molecule has 0 unspecified atom stereocenters. The van der Waals surface area contributed by atoms with Crippen molar-refractivity contribution in [1.29, 1.82) is 0 Å². The number of aromatic nitrogens is 2. The van der Waals surface area contributed by atoms with Gasteiger partial charge in [-0.1, -0.05) is 0 Å². The molecule has 4 rings (SSSR count). The summed E-state index contributed by atoms with van der Waals surface area (Å²) in [4.78, 5) is 28.1. The van der Waals surface area contributed by atoms with Crippen LogP contribution >= 0.6 is 0 Å². The van der Waals surface area contributed by atoms with E-state index >= 15 is 0 Å². The van der Waals surface area contributed by atoms with Crippen LogP contribution in [0.2, 0.25) is 0 Å². The van der Waals surface area contributed by atoms with E-state index in [-0.39, 0.29) is 12.4 Å². The third-order valence-corrected chi connectivity index (χ3v) is 4.34. The fraction of sp³-hybridized carbons (Fsp3) is 0.353. The first kappa shape index (κ1) is 18.0. The highest BCUT2D eigenvalue weighted by Gasteiger charge is 2.42. The van der Waals surface area contributed by atoms with E-state index in [2.05, 4.69) is 15.0 Å². The maximum Gasteiger partial charge on any atom is 0.415 e. The van der Waals surface area contributed by atoms with Gasteiger partial charge in [0.1, 0.15) is 18.2 Å². The number of hydrogen-bond donors (Lipinski definition) is 2.